The molecule has 0 bridgehead atoms. The minimum Gasteiger partial charge on any atom is -0.444 e. The maximum atomic E-state index is 14.0. The average Bonchev–Trinajstić information content (AvgIpc) is 2.71. The van der Waals surface area contributed by atoms with E-state index in [0.717, 1.165) is 10.6 Å². The lowest BCUT2D eigenvalue weighted by molar-refractivity contribution is 0.0505. The molecule has 1 aromatic heterocycles. The number of aromatic nitrogens is 2. The van der Waals surface area contributed by atoms with Crippen LogP contribution in [0.2, 0.25) is 0 Å². The zero-order valence-electron chi connectivity index (χ0n) is 19.2. The molecule has 182 valence electrons. The molecule has 2 N–H and O–H groups in total. The van der Waals surface area contributed by atoms with Crippen LogP contribution in [0, 0.1) is 5.82 Å². The predicted octanol–water partition coefficient (Wildman–Crippen LogP) is 2.88. The van der Waals surface area contributed by atoms with Crippen LogP contribution in [0.5, 0.6) is 0 Å². The van der Waals surface area contributed by atoms with Gasteiger partial charge in [0.1, 0.15) is 17.2 Å². The highest BCUT2D eigenvalue weighted by atomic mass is 32.2. The lowest BCUT2D eigenvalue weighted by Crippen LogP contribution is -2.37. The van der Waals surface area contributed by atoms with Crippen LogP contribution < -0.4 is 10.9 Å². The van der Waals surface area contributed by atoms with E-state index in [-0.39, 0.29) is 27.3 Å². The highest BCUT2D eigenvalue weighted by Gasteiger charge is 2.26. The Labute approximate surface area is 196 Å². The number of hydrogen-bond acceptors (Lipinski definition) is 7. The molecule has 1 amide bonds. The Balaban J connectivity index is 2.29. The van der Waals surface area contributed by atoms with Gasteiger partial charge in [-0.2, -0.15) is 0 Å². The summed E-state index contributed by atoms with van der Waals surface area (Å²) >= 11 is 0. The number of benzene rings is 2. The molecule has 34 heavy (non-hydrogen) atoms. The van der Waals surface area contributed by atoms with Gasteiger partial charge >= 0.3 is 6.09 Å². The van der Waals surface area contributed by atoms with Crippen LogP contribution in [0.3, 0.4) is 0 Å². The molecule has 0 unspecified atom stereocenters. The van der Waals surface area contributed by atoms with Crippen molar-refractivity contribution in [2.75, 3.05) is 12.4 Å². The number of rotatable bonds is 6. The van der Waals surface area contributed by atoms with E-state index in [4.69, 9.17) is 4.74 Å². The Kier molecular flexibility index (Phi) is 7.08. The minimum absolute atomic E-state index is 0.0469. The highest BCUT2D eigenvalue weighted by Crippen LogP contribution is 2.24. The molecule has 2 aromatic carbocycles. The number of aliphatic hydroxyl groups is 1. The van der Waals surface area contributed by atoms with Crippen LogP contribution in [0.1, 0.15) is 39.6 Å². The Morgan fingerprint density at radius 3 is 2.53 bits per heavy atom. The van der Waals surface area contributed by atoms with E-state index in [1.165, 1.54) is 36.4 Å². The van der Waals surface area contributed by atoms with Crippen LogP contribution in [0.4, 0.5) is 9.18 Å². The molecular weight excluding hydrogens is 465 g/mol. The van der Waals surface area contributed by atoms with Crippen molar-refractivity contribution in [2.24, 2.45) is 0 Å². The molecule has 0 saturated heterocycles. The van der Waals surface area contributed by atoms with Gasteiger partial charge in [-0.15, -0.1) is 0 Å². The Morgan fingerprint density at radius 2 is 1.91 bits per heavy atom. The fourth-order valence-corrected chi connectivity index (χ4v) is 4.66. The van der Waals surface area contributed by atoms with Crippen LogP contribution >= 0.6 is 0 Å². The molecule has 0 radical (unpaired) electrons. The number of ether oxygens (including phenoxy) is 1. The zero-order chi connectivity index (χ0) is 25.3. The third-order valence-corrected chi connectivity index (χ3v) is 6.50. The second-order valence-corrected chi connectivity index (χ2v) is 10.7. The molecule has 0 fully saturated rings. The first-order valence-electron chi connectivity index (χ1n) is 10.5. The van der Waals surface area contributed by atoms with E-state index in [9.17, 15) is 27.5 Å². The molecule has 0 aliphatic heterocycles. The quantitative estimate of drug-likeness (QED) is 0.543. The summed E-state index contributed by atoms with van der Waals surface area (Å²) in [5.74, 6) is -1.15. The van der Waals surface area contributed by atoms with Crippen molar-refractivity contribution in [3.05, 3.63) is 64.5 Å². The SMILES string of the molecule is C[C@H](NC(=O)OC(C)(C)C)c1nc2cccc(S(=O)(=O)CCO)c2c(=O)n1-c1cccc(F)c1. The van der Waals surface area contributed by atoms with Crippen molar-refractivity contribution in [1.29, 1.82) is 0 Å². The molecule has 0 spiro atoms. The second kappa shape index (κ2) is 9.51. The van der Waals surface area contributed by atoms with Crippen molar-refractivity contribution >= 4 is 26.8 Å². The van der Waals surface area contributed by atoms with Gasteiger partial charge in [-0.25, -0.2) is 22.6 Å². The topological polar surface area (TPSA) is 128 Å². The minimum atomic E-state index is -4.01. The van der Waals surface area contributed by atoms with Gasteiger partial charge in [-0.3, -0.25) is 9.36 Å². The Hall–Kier alpha value is -3.31. The Bertz CT molecular complexity index is 1400. The summed E-state index contributed by atoms with van der Waals surface area (Å²) in [6, 6.07) is 8.45. The number of halogens is 1. The maximum Gasteiger partial charge on any atom is 0.408 e. The van der Waals surface area contributed by atoms with Gasteiger partial charge in [0.25, 0.3) is 5.56 Å². The van der Waals surface area contributed by atoms with E-state index in [1.807, 2.05) is 0 Å². The first kappa shape index (κ1) is 25.3. The molecule has 9 nitrogen and oxygen atoms in total. The monoisotopic (exact) mass is 491 g/mol. The summed E-state index contributed by atoms with van der Waals surface area (Å²) < 4.78 is 45.8. The molecule has 3 rings (SSSR count). The Morgan fingerprint density at radius 1 is 1.24 bits per heavy atom. The van der Waals surface area contributed by atoms with Gasteiger partial charge < -0.3 is 15.2 Å². The lowest BCUT2D eigenvalue weighted by Gasteiger charge is -2.23. The molecule has 0 aliphatic rings. The summed E-state index contributed by atoms with van der Waals surface area (Å²) in [6.07, 6.45) is -0.751. The zero-order valence-corrected chi connectivity index (χ0v) is 20.0. The second-order valence-electron chi connectivity index (χ2n) is 8.65. The predicted molar refractivity (Wildman–Crippen MR) is 124 cm³/mol. The summed E-state index contributed by atoms with van der Waals surface area (Å²) in [5, 5.41) is 11.6. The smallest absolute Gasteiger partial charge is 0.408 e. The number of aliphatic hydroxyl groups excluding tert-OH is 1. The number of sulfone groups is 1. The van der Waals surface area contributed by atoms with Crippen LogP contribution in [0.25, 0.3) is 16.6 Å². The number of hydrogen-bond donors (Lipinski definition) is 2. The van der Waals surface area contributed by atoms with E-state index >= 15 is 0 Å². The molecule has 1 heterocycles. The van der Waals surface area contributed by atoms with Crippen LogP contribution in [-0.4, -0.2) is 47.1 Å². The van der Waals surface area contributed by atoms with Gasteiger partial charge in [0.2, 0.25) is 0 Å². The van der Waals surface area contributed by atoms with E-state index < -0.39 is 51.3 Å². The molecular formula is C23H26FN3O6S. The maximum absolute atomic E-state index is 14.0. The molecule has 3 aromatic rings. The van der Waals surface area contributed by atoms with Crippen LogP contribution in [-0.2, 0) is 14.6 Å². The van der Waals surface area contributed by atoms with Crippen molar-refractivity contribution in [3.8, 4) is 5.69 Å². The van der Waals surface area contributed by atoms with Gasteiger partial charge in [0, 0.05) is 0 Å². The van der Waals surface area contributed by atoms with E-state index in [1.54, 1.807) is 27.7 Å². The number of carbonyl (C=O) groups is 1. The molecule has 1 atom stereocenters. The first-order chi connectivity index (χ1) is 15.8. The van der Waals surface area contributed by atoms with Crippen molar-refractivity contribution in [1.82, 2.24) is 14.9 Å². The number of nitrogens with zero attached hydrogens (tertiary/aromatic N) is 2. The van der Waals surface area contributed by atoms with Gasteiger partial charge in [-0.05, 0) is 58.0 Å². The van der Waals surface area contributed by atoms with Crippen molar-refractivity contribution in [3.63, 3.8) is 0 Å². The highest BCUT2D eigenvalue weighted by molar-refractivity contribution is 7.91. The van der Waals surface area contributed by atoms with E-state index in [2.05, 4.69) is 10.3 Å². The molecule has 0 aliphatic carbocycles. The number of fused-ring (bicyclic) bond motifs is 1. The summed E-state index contributed by atoms with van der Waals surface area (Å²) in [7, 11) is -4.01. The van der Waals surface area contributed by atoms with Crippen molar-refractivity contribution < 1.29 is 27.4 Å². The fraction of sp³-hybridized carbons (Fsp3) is 0.348. The van der Waals surface area contributed by atoms with Crippen LogP contribution in [0.15, 0.2) is 52.2 Å². The molecule has 0 saturated carbocycles. The third-order valence-electron chi connectivity index (χ3n) is 4.77. The standard InChI is InChI=1S/C23H26FN3O6S/c1-14(25-22(30)33-23(2,3)4)20-26-17-9-6-10-18(34(31,32)12-11-28)19(17)21(29)27(20)16-8-5-7-15(24)13-16/h5-10,13-14,28H,11-12H2,1-4H3,(H,25,30)/t14-/m0/s1. The number of amides is 1. The van der Waals surface area contributed by atoms with Crippen molar-refractivity contribution in [2.45, 2.75) is 44.2 Å². The average molecular weight is 492 g/mol. The van der Waals surface area contributed by atoms with Gasteiger partial charge in [0.05, 0.1) is 39.9 Å². The van der Waals surface area contributed by atoms with Gasteiger partial charge in [0.15, 0.2) is 9.84 Å². The summed E-state index contributed by atoms with van der Waals surface area (Å²) in [4.78, 5) is 30.2. The van der Waals surface area contributed by atoms with Gasteiger partial charge in [-0.1, -0.05) is 12.1 Å². The largest absolute Gasteiger partial charge is 0.444 e. The number of nitrogens with one attached hydrogen (secondary N) is 1. The lowest BCUT2D eigenvalue weighted by atomic mass is 10.2. The van der Waals surface area contributed by atoms with E-state index in [0.29, 0.717) is 0 Å². The molecule has 11 heteroatoms. The normalized spacial score (nSPS) is 13.0. The third kappa shape index (κ3) is 5.42. The number of alkyl carbamates (subject to hydrolysis) is 1. The summed E-state index contributed by atoms with van der Waals surface area (Å²) in [5.41, 5.74) is -1.36. The fourth-order valence-electron chi connectivity index (χ4n) is 3.41. The first-order valence-corrected chi connectivity index (χ1v) is 12.1. The number of carbonyl (C=O) groups excluding carboxylic acids is 1. The summed E-state index contributed by atoms with van der Waals surface area (Å²) in [6.45, 7) is 6.03.